The Morgan fingerprint density at radius 2 is 1.35 bits per heavy atom. The zero-order valence-corrected chi connectivity index (χ0v) is 29.6. The van der Waals surface area contributed by atoms with E-state index in [1.165, 1.54) is 30.4 Å². The Labute approximate surface area is 302 Å². The van der Waals surface area contributed by atoms with E-state index in [0.29, 0.717) is 6.54 Å². The Morgan fingerprint density at radius 1 is 0.745 bits per heavy atom. The van der Waals surface area contributed by atoms with Gasteiger partial charge in [-0.25, -0.2) is 4.79 Å². The van der Waals surface area contributed by atoms with Crippen LogP contribution in [-0.2, 0) is 29.2 Å². The van der Waals surface area contributed by atoms with E-state index in [1.54, 1.807) is 0 Å². The van der Waals surface area contributed by atoms with Crippen molar-refractivity contribution in [1.29, 1.82) is 0 Å². The molecule has 1 saturated heterocycles. The molecule has 0 aromatic heterocycles. The van der Waals surface area contributed by atoms with Crippen LogP contribution >= 0.6 is 0 Å². The van der Waals surface area contributed by atoms with Crippen molar-refractivity contribution in [2.45, 2.75) is 89.2 Å². The van der Waals surface area contributed by atoms with Crippen molar-refractivity contribution in [2.24, 2.45) is 23.7 Å². The van der Waals surface area contributed by atoms with Crippen LogP contribution in [0, 0.1) is 23.7 Å². The van der Waals surface area contributed by atoms with Gasteiger partial charge in [0.2, 0.25) is 0 Å². The topological polar surface area (TPSA) is 83.1 Å². The number of urea groups is 1. The second-order valence-corrected chi connectivity index (χ2v) is 15.9. The summed E-state index contributed by atoms with van der Waals surface area (Å²) in [5.41, 5.74) is 5.98. The zero-order valence-electron chi connectivity index (χ0n) is 29.6. The SMILES string of the molecule is CC1C(CN(Cc2ccccc2)Cc2ccccc2)OC(c2cccc(NC(=O)NC34CC5CC(CC(C5)C3)C4)c2)OC1c1ccc(CO)cc1. The van der Waals surface area contributed by atoms with Gasteiger partial charge in [0.05, 0.1) is 18.8 Å². The lowest BCUT2D eigenvalue weighted by atomic mass is 9.53. The van der Waals surface area contributed by atoms with Crippen molar-refractivity contribution < 1.29 is 19.4 Å². The van der Waals surface area contributed by atoms with E-state index in [1.807, 2.05) is 36.4 Å². The molecule has 266 valence electrons. The van der Waals surface area contributed by atoms with Crippen molar-refractivity contribution in [3.63, 3.8) is 0 Å². The molecule has 4 atom stereocenters. The number of carbonyl (C=O) groups is 1. The predicted molar refractivity (Wildman–Crippen MR) is 199 cm³/mol. The van der Waals surface area contributed by atoms with Gasteiger partial charge in [-0.1, -0.05) is 104 Å². The van der Waals surface area contributed by atoms with Crippen LogP contribution in [0.3, 0.4) is 0 Å². The fourth-order valence-corrected chi connectivity index (χ4v) is 9.88. The molecule has 4 bridgehead atoms. The molecule has 3 N–H and O–H groups in total. The summed E-state index contributed by atoms with van der Waals surface area (Å²) in [4.78, 5) is 15.9. The van der Waals surface area contributed by atoms with Crippen molar-refractivity contribution >= 4 is 11.7 Å². The van der Waals surface area contributed by atoms with Crippen LogP contribution in [0.5, 0.6) is 0 Å². The lowest BCUT2D eigenvalue weighted by Crippen LogP contribution is -2.60. The molecule has 5 aliphatic rings. The molecule has 4 unspecified atom stereocenters. The van der Waals surface area contributed by atoms with Crippen LogP contribution in [-0.4, -0.2) is 34.2 Å². The van der Waals surface area contributed by atoms with Crippen LogP contribution in [0.4, 0.5) is 10.5 Å². The molecule has 7 heteroatoms. The number of nitrogens with zero attached hydrogens (tertiary/aromatic N) is 1. The van der Waals surface area contributed by atoms with Gasteiger partial charge in [0.15, 0.2) is 6.29 Å². The maximum absolute atomic E-state index is 13.5. The number of ether oxygens (including phenoxy) is 2. The lowest BCUT2D eigenvalue weighted by molar-refractivity contribution is -0.276. The molecule has 7 nitrogen and oxygen atoms in total. The second kappa shape index (κ2) is 14.9. The average molecular weight is 686 g/mol. The van der Waals surface area contributed by atoms with E-state index >= 15 is 0 Å². The first-order chi connectivity index (χ1) is 24.9. The minimum absolute atomic E-state index is 0.000115. The average Bonchev–Trinajstić information content (AvgIpc) is 3.12. The predicted octanol–water partition coefficient (Wildman–Crippen LogP) is 8.76. The summed E-state index contributed by atoms with van der Waals surface area (Å²) in [5, 5.41) is 16.3. The van der Waals surface area contributed by atoms with Gasteiger partial charge in [0, 0.05) is 42.3 Å². The smallest absolute Gasteiger partial charge is 0.319 e. The highest BCUT2D eigenvalue weighted by Crippen LogP contribution is 2.55. The molecule has 51 heavy (non-hydrogen) atoms. The van der Waals surface area contributed by atoms with Crippen LogP contribution in [0.2, 0.25) is 0 Å². The van der Waals surface area contributed by atoms with Gasteiger partial charge in [-0.05, 0) is 90.7 Å². The first-order valence-corrected chi connectivity index (χ1v) is 18.9. The molecule has 4 aromatic carbocycles. The number of amides is 2. The summed E-state index contributed by atoms with van der Waals surface area (Å²) < 4.78 is 13.7. The first-order valence-electron chi connectivity index (χ1n) is 18.9. The Hall–Kier alpha value is -4.01. The van der Waals surface area contributed by atoms with Gasteiger partial charge in [0.1, 0.15) is 0 Å². The van der Waals surface area contributed by atoms with E-state index in [4.69, 9.17) is 9.47 Å². The second-order valence-electron chi connectivity index (χ2n) is 15.9. The molecule has 0 spiro atoms. The summed E-state index contributed by atoms with van der Waals surface area (Å²) in [6, 6.07) is 37.1. The highest BCUT2D eigenvalue weighted by Gasteiger charge is 2.51. The highest BCUT2D eigenvalue weighted by molar-refractivity contribution is 5.90. The minimum atomic E-state index is -0.628. The van der Waals surface area contributed by atoms with E-state index in [-0.39, 0.29) is 36.3 Å². The number of aliphatic hydroxyl groups excluding tert-OH is 1. The summed E-state index contributed by atoms with van der Waals surface area (Å²) >= 11 is 0. The van der Waals surface area contributed by atoms with Gasteiger partial charge in [-0.2, -0.15) is 0 Å². The number of benzene rings is 4. The molecule has 4 aliphatic carbocycles. The van der Waals surface area contributed by atoms with Crippen molar-refractivity contribution in [2.75, 3.05) is 11.9 Å². The molecule has 4 aromatic rings. The van der Waals surface area contributed by atoms with Crippen LogP contribution in [0.15, 0.2) is 109 Å². The Morgan fingerprint density at radius 3 is 1.94 bits per heavy atom. The Balaban J connectivity index is 1.03. The first kappa shape index (κ1) is 34.1. The molecular formula is C44H51N3O4. The van der Waals surface area contributed by atoms with E-state index < -0.39 is 6.29 Å². The highest BCUT2D eigenvalue weighted by atomic mass is 16.7. The molecule has 4 saturated carbocycles. The molecule has 5 fully saturated rings. The number of anilines is 1. The molecule has 2 amide bonds. The molecule has 1 aliphatic heterocycles. The third-order valence-corrected chi connectivity index (χ3v) is 11.9. The lowest BCUT2D eigenvalue weighted by Gasteiger charge is -2.56. The largest absolute Gasteiger partial charge is 0.392 e. The van der Waals surface area contributed by atoms with Crippen molar-refractivity contribution in [3.05, 3.63) is 137 Å². The number of nitrogens with one attached hydrogen (secondary N) is 2. The third-order valence-electron chi connectivity index (χ3n) is 11.9. The maximum Gasteiger partial charge on any atom is 0.319 e. The number of aliphatic hydroxyl groups is 1. The minimum Gasteiger partial charge on any atom is -0.392 e. The van der Waals surface area contributed by atoms with Crippen LogP contribution < -0.4 is 10.6 Å². The number of carbonyl (C=O) groups excluding carboxylic acids is 1. The fraction of sp³-hybridized carbons (Fsp3) is 0.432. The van der Waals surface area contributed by atoms with E-state index in [0.717, 1.165) is 72.5 Å². The zero-order chi connectivity index (χ0) is 34.8. The van der Waals surface area contributed by atoms with E-state index in [2.05, 4.69) is 95.3 Å². The fourth-order valence-electron chi connectivity index (χ4n) is 9.88. The van der Waals surface area contributed by atoms with Gasteiger partial charge in [-0.15, -0.1) is 0 Å². The quantitative estimate of drug-likeness (QED) is 0.147. The number of hydrogen-bond donors (Lipinski definition) is 3. The summed E-state index contributed by atoms with van der Waals surface area (Å²) in [7, 11) is 0. The van der Waals surface area contributed by atoms with Crippen LogP contribution in [0.25, 0.3) is 0 Å². The third kappa shape index (κ3) is 7.92. The Kier molecular flexibility index (Phi) is 9.97. The standard InChI is InChI=1S/C44H51N3O4/c1-30-40(28-47(26-31-9-4-2-5-10-31)27-32-11-6-3-7-12-32)50-42(51-41(30)37-17-15-33(29-48)16-18-37)38-13-8-14-39(22-38)45-43(49)46-44-23-34-19-35(24-44)21-36(20-34)25-44/h2-18,22,30,34-36,40-42,48H,19-21,23-29H2,1H3,(H2,45,46,49). The van der Waals surface area contributed by atoms with Gasteiger partial charge < -0.3 is 25.2 Å². The van der Waals surface area contributed by atoms with Crippen molar-refractivity contribution in [3.8, 4) is 0 Å². The van der Waals surface area contributed by atoms with Crippen LogP contribution in [0.1, 0.15) is 85.7 Å². The number of rotatable bonds is 11. The van der Waals surface area contributed by atoms with Gasteiger partial charge in [-0.3, -0.25) is 4.90 Å². The molecule has 9 rings (SSSR count). The van der Waals surface area contributed by atoms with E-state index in [9.17, 15) is 9.90 Å². The molecular weight excluding hydrogens is 635 g/mol. The van der Waals surface area contributed by atoms with Gasteiger partial charge in [0.25, 0.3) is 0 Å². The van der Waals surface area contributed by atoms with Gasteiger partial charge >= 0.3 is 6.03 Å². The van der Waals surface area contributed by atoms with Crippen molar-refractivity contribution in [1.82, 2.24) is 10.2 Å². The maximum atomic E-state index is 13.5. The normalized spacial score (nSPS) is 29.6. The summed E-state index contributed by atoms with van der Waals surface area (Å²) in [5.74, 6) is 2.34. The summed E-state index contributed by atoms with van der Waals surface area (Å²) in [6.07, 6.45) is 6.36. The molecule has 0 radical (unpaired) electrons. The number of hydrogen-bond acceptors (Lipinski definition) is 5. The Bertz CT molecular complexity index is 1690. The molecule has 1 heterocycles. The summed E-state index contributed by atoms with van der Waals surface area (Å²) in [6.45, 7) is 4.51. The monoisotopic (exact) mass is 685 g/mol.